The van der Waals surface area contributed by atoms with Gasteiger partial charge in [0.1, 0.15) is 6.61 Å². The van der Waals surface area contributed by atoms with Crippen LogP contribution in [-0.4, -0.2) is 13.2 Å². The van der Waals surface area contributed by atoms with Gasteiger partial charge in [-0.1, -0.05) is 17.9 Å². The number of hydrogen-bond acceptors (Lipinski definition) is 1. The van der Waals surface area contributed by atoms with Gasteiger partial charge in [0.15, 0.2) is 0 Å². The molecule has 0 aromatic carbocycles. The van der Waals surface area contributed by atoms with Crippen molar-refractivity contribution in [3.63, 3.8) is 0 Å². The minimum absolute atomic E-state index is 0.497. The van der Waals surface area contributed by atoms with Crippen LogP contribution in [0.5, 0.6) is 0 Å². The summed E-state index contributed by atoms with van der Waals surface area (Å²) in [4.78, 5) is 0. The Balaban J connectivity index is 3.20. The molecule has 0 rings (SSSR count). The van der Waals surface area contributed by atoms with Crippen LogP contribution in [0.4, 0.5) is 0 Å². The van der Waals surface area contributed by atoms with E-state index < -0.39 is 0 Å². The van der Waals surface area contributed by atoms with Gasteiger partial charge in [-0.25, -0.2) is 0 Å². The summed E-state index contributed by atoms with van der Waals surface area (Å²) in [6.45, 7) is 8.54. The predicted octanol–water partition coefficient (Wildman–Crippen LogP) is 1.81. The largest absolute Gasteiger partial charge is 0.365 e. The molecule has 0 heterocycles. The van der Waals surface area contributed by atoms with E-state index in [0.29, 0.717) is 13.2 Å². The zero-order chi connectivity index (χ0) is 7.82. The highest BCUT2D eigenvalue weighted by molar-refractivity contribution is 5.16. The SMILES string of the molecule is C=CCOCC#C[C](C)C. The smallest absolute Gasteiger partial charge is 0.108 e. The molecule has 1 nitrogen and oxygen atoms in total. The van der Waals surface area contributed by atoms with Crippen LogP contribution in [0.15, 0.2) is 12.7 Å². The molecule has 0 aliphatic carbocycles. The monoisotopic (exact) mass is 137 g/mol. The third-order valence-corrected chi connectivity index (χ3v) is 0.748. The Bertz CT molecular complexity index is 137. The van der Waals surface area contributed by atoms with Gasteiger partial charge in [0.2, 0.25) is 0 Å². The molecule has 0 fully saturated rings. The number of rotatable bonds is 3. The summed E-state index contributed by atoms with van der Waals surface area (Å²) in [6, 6.07) is 0. The molecule has 1 radical (unpaired) electrons. The summed E-state index contributed by atoms with van der Waals surface area (Å²) in [6.07, 6.45) is 1.71. The Morgan fingerprint density at radius 3 is 2.80 bits per heavy atom. The summed E-state index contributed by atoms with van der Waals surface area (Å²) in [5, 5.41) is 0. The molecule has 0 atom stereocenters. The lowest BCUT2D eigenvalue weighted by molar-refractivity contribution is 0.199. The summed E-state index contributed by atoms with van der Waals surface area (Å²) in [5.74, 6) is 6.89. The summed E-state index contributed by atoms with van der Waals surface area (Å²) in [5.41, 5.74) is 0. The van der Waals surface area contributed by atoms with Crippen LogP contribution in [0.1, 0.15) is 13.8 Å². The van der Waals surface area contributed by atoms with Crippen LogP contribution in [-0.2, 0) is 4.74 Å². The quantitative estimate of drug-likeness (QED) is 0.327. The van der Waals surface area contributed by atoms with Gasteiger partial charge in [0.25, 0.3) is 0 Å². The molecule has 55 valence electrons. The van der Waals surface area contributed by atoms with E-state index in [1.165, 1.54) is 0 Å². The number of hydrogen-bond donors (Lipinski definition) is 0. The molecule has 0 aromatic heterocycles. The van der Waals surface area contributed by atoms with E-state index in [1.807, 2.05) is 13.8 Å². The van der Waals surface area contributed by atoms with Crippen molar-refractivity contribution in [2.75, 3.05) is 13.2 Å². The summed E-state index contributed by atoms with van der Waals surface area (Å²) in [7, 11) is 0. The van der Waals surface area contributed by atoms with Gasteiger partial charge in [-0.3, -0.25) is 0 Å². The minimum atomic E-state index is 0.497. The molecular formula is C9H13O. The van der Waals surface area contributed by atoms with Crippen LogP contribution in [0.2, 0.25) is 0 Å². The second kappa shape index (κ2) is 6.38. The van der Waals surface area contributed by atoms with Crippen molar-refractivity contribution in [3.8, 4) is 11.8 Å². The lowest BCUT2D eigenvalue weighted by Gasteiger charge is -1.91. The lowest BCUT2D eigenvalue weighted by atomic mass is 10.2. The Hall–Kier alpha value is -0.740. The topological polar surface area (TPSA) is 9.23 Å². The van der Waals surface area contributed by atoms with Crippen molar-refractivity contribution in [1.82, 2.24) is 0 Å². The molecule has 0 N–H and O–H groups in total. The van der Waals surface area contributed by atoms with Gasteiger partial charge in [-0.05, 0) is 13.8 Å². The van der Waals surface area contributed by atoms with Crippen molar-refractivity contribution in [3.05, 3.63) is 18.6 Å². The zero-order valence-corrected chi connectivity index (χ0v) is 6.61. The molecule has 0 spiro atoms. The average Bonchev–Trinajstić information content (AvgIpc) is 1.87. The molecule has 0 unspecified atom stereocenters. The predicted molar refractivity (Wildman–Crippen MR) is 43.4 cm³/mol. The second-order valence-corrected chi connectivity index (χ2v) is 2.11. The first-order chi connectivity index (χ1) is 4.77. The molecule has 0 saturated carbocycles. The van der Waals surface area contributed by atoms with Crippen LogP contribution >= 0.6 is 0 Å². The van der Waals surface area contributed by atoms with E-state index in [4.69, 9.17) is 4.74 Å². The highest BCUT2D eigenvalue weighted by Crippen LogP contribution is 1.88. The van der Waals surface area contributed by atoms with Gasteiger partial charge in [0.05, 0.1) is 6.61 Å². The Kier molecular flexibility index (Phi) is 5.91. The lowest BCUT2D eigenvalue weighted by Crippen LogP contribution is -1.90. The third-order valence-electron chi connectivity index (χ3n) is 0.748. The highest BCUT2D eigenvalue weighted by Gasteiger charge is 1.81. The summed E-state index contributed by atoms with van der Waals surface area (Å²) < 4.78 is 5.03. The Morgan fingerprint density at radius 2 is 2.30 bits per heavy atom. The van der Waals surface area contributed by atoms with E-state index in [1.54, 1.807) is 6.08 Å². The fraction of sp³-hybridized carbons (Fsp3) is 0.444. The molecular weight excluding hydrogens is 124 g/mol. The minimum Gasteiger partial charge on any atom is -0.365 e. The molecule has 0 bridgehead atoms. The first kappa shape index (κ1) is 9.26. The van der Waals surface area contributed by atoms with Crippen molar-refractivity contribution < 1.29 is 4.74 Å². The zero-order valence-electron chi connectivity index (χ0n) is 6.61. The van der Waals surface area contributed by atoms with Crippen LogP contribution in [0.25, 0.3) is 0 Å². The molecule has 0 saturated heterocycles. The second-order valence-electron chi connectivity index (χ2n) is 2.11. The Labute approximate surface area is 63.1 Å². The summed E-state index contributed by atoms with van der Waals surface area (Å²) >= 11 is 0. The molecule has 1 heteroatoms. The van der Waals surface area contributed by atoms with Gasteiger partial charge >= 0.3 is 0 Å². The van der Waals surface area contributed by atoms with Gasteiger partial charge in [0, 0.05) is 5.92 Å². The maximum absolute atomic E-state index is 5.03. The van der Waals surface area contributed by atoms with Crippen LogP contribution in [0, 0.1) is 17.8 Å². The third kappa shape index (κ3) is 7.26. The maximum Gasteiger partial charge on any atom is 0.108 e. The van der Waals surface area contributed by atoms with Crippen molar-refractivity contribution >= 4 is 0 Å². The average molecular weight is 137 g/mol. The first-order valence-corrected chi connectivity index (χ1v) is 3.25. The van der Waals surface area contributed by atoms with Gasteiger partial charge < -0.3 is 4.74 Å². The van der Waals surface area contributed by atoms with E-state index in [9.17, 15) is 0 Å². The fourth-order valence-electron chi connectivity index (χ4n) is 0.406. The van der Waals surface area contributed by atoms with E-state index >= 15 is 0 Å². The van der Waals surface area contributed by atoms with Gasteiger partial charge in [-0.2, -0.15) is 0 Å². The van der Waals surface area contributed by atoms with Gasteiger partial charge in [-0.15, -0.1) is 6.58 Å². The first-order valence-electron chi connectivity index (χ1n) is 3.25. The number of ether oxygens (including phenoxy) is 1. The standard InChI is InChI=1S/C9H13O/c1-4-7-10-8-5-6-9(2)3/h4H,1,7-8H2,2-3H3. The highest BCUT2D eigenvalue weighted by atomic mass is 16.5. The molecule has 0 aliphatic heterocycles. The van der Waals surface area contributed by atoms with Crippen LogP contribution < -0.4 is 0 Å². The van der Waals surface area contributed by atoms with Crippen molar-refractivity contribution in [2.24, 2.45) is 0 Å². The van der Waals surface area contributed by atoms with Crippen molar-refractivity contribution in [1.29, 1.82) is 0 Å². The fourth-order valence-corrected chi connectivity index (χ4v) is 0.406. The Morgan fingerprint density at radius 1 is 1.60 bits per heavy atom. The molecule has 0 amide bonds. The van der Waals surface area contributed by atoms with Crippen molar-refractivity contribution in [2.45, 2.75) is 13.8 Å². The molecule has 0 aliphatic rings. The maximum atomic E-state index is 5.03. The molecule has 0 aromatic rings. The van der Waals surface area contributed by atoms with E-state index in [-0.39, 0.29) is 0 Å². The van der Waals surface area contributed by atoms with Crippen LogP contribution in [0.3, 0.4) is 0 Å². The normalized spacial score (nSPS) is 8.70. The van der Waals surface area contributed by atoms with E-state index in [0.717, 1.165) is 5.92 Å². The molecule has 10 heavy (non-hydrogen) atoms. The van der Waals surface area contributed by atoms with E-state index in [2.05, 4.69) is 18.4 Å².